The number of hydrogen-bond acceptors (Lipinski definition) is 3. The van der Waals surface area contributed by atoms with Gasteiger partial charge in [-0.1, -0.05) is 27.7 Å². The Hall–Kier alpha value is -1.58. The maximum absolute atomic E-state index is 10.8. The minimum absolute atomic E-state index is 0.0387. The van der Waals surface area contributed by atoms with Crippen LogP contribution in [0.3, 0.4) is 0 Å². The Balaban J connectivity index is 2.65. The molecular weight excluding hydrogens is 218 g/mol. The van der Waals surface area contributed by atoms with Crippen molar-refractivity contribution in [3.63, 3.8) is 0 Å². The third-order valence-electron chi connectivity index (χ3n) is 4.39. The largest absolute Gasteiger partial charge is 0.502 e. The molecule has 4 nitrogen and oxygen atoms in total. The summed E-state index contributed by atoms with van der Waals surface area (Å²) in [5.74, 6) is -0.237. The van der Waals surface area contributed by atoms with Crippen LogP contribution in [0.1, 0.15) is 38.8 Å². The van der Waals surface area contributed by atoms with Crippen LogP contribution in [-0.4, -0.2) is 10.0 Å². The predicted molar refractivity (Wildman–Crippen MR) is 65.3 cm³/mol. The maximum atomic E-state index is 10.8. The van der Waals surface area contributed by atoms with Crippen LogP contribution in [0.2, 0.25) is 0 Å². The van der Waals surface area contributed by atoms with Crippen LogP contribution in [0.4, 0.5) is 5.69 Å². The minimum Gasteiger partial charge on any atom is -0.502 e. The molecule has 1 aliphatic rings. The predicted octanol–water partition coefficient (Wildman–Crippen LogP) is 3.16. The first-order chi connectivity index (χ1) is 7.67. The van der Waals surface area contributed by atoms with Gasteiger partial charge in [-0.15, -0.1) is 0 Å². The molecule has 0 unspecified atom stereocenters. The SMILES string of the molecule is CC1(C)Cc2cc([N+](=O)[O-])c(O)cc2C1(C)C. The minimum atomic E-state index is -0.534. The first kappa shape index (κ1) is 11.9. The lowest BCUT2D eigenvalue weighted by Gasteiger charge is -2.35. The third-order valence-corrected chi connectivity index (χ3v) is 4.39. The van der Waals surface area contributed by atoms with Gasteiger partial charge in [0.25, 0.3) is 0 Å². The molecule has 0 bridgehead atoms. The molecule has 2 rings (SSSR count). The lowest BCUT2D eigenvalue weighted by Crippen LogP contribution is -2.32. The summed E-state index contributed by atoms with van der Waals surface area (Å²) in [6, 6.07) is 3.07. The molecule has 92 valence electrons. The monoisotopic (exact) mass is 235 g/mol. The summed E-state index contributed by atoms with van der Waals surface area (Å²) in [5.41, 5.74) is 1.75. The molecule has 0 spiro atoms. The molecule has 0 heterocycles. The van der Waals surface area contributed by atoms with Gasteiger partial charge in [0.1, 0.15) is 0 Å². The highest BCUT2D eigenvalue weighted by Gasteiger charge is 2.46. The number of fused-ring (bicyclic) bond motifs is 1. The number of nitro groups is 1. The third kappa shape index (κ3) is 1.51. The molecule has 1 aromatic rings. The van der Waals surface area contributed by atoms with E-state index in [9.17, 15) is 15.2 Å². The van der Waals surface area contributed by atoms with E-state index in [-0.39, 0.29) is 22.3 Å². The Morgan fingerprint density at radius 2 is 1.88 bits per heavy atom. The van der Waals surface area contributed by atoms with E-state index in [1.807, 2.05) is 0 Å². The zero-order chi connectivity index (χ0) is 13.0. The van der Waals surface area contributed by atoms with Gasteiger partial charge in [-0.25, -0.2) is 0 Å². The second-order valence-corrected chi connectivity index (χ2v) is 5.94. The summed E-state index contributed by atoms with van der Waals surface area (Å²) in [5, 5.41) is 20.5. The molecule has 4 heteroatoms. The Labute approximate surface area is 100 Å². The Kier molecular flexibility index (Phi) is 2.25. The number of phenolic OH excluding ortho intramolecular Hbond substituents is 1. The van der Waals surface area contributed by atoms with Crippen molar-refractivity contribution in [2.45, 2.75) is 39.5 Å². The summed E-state index contributed by atoms with van der Waals surface area (Å²) in [6.45, 7) is 8.53. The van der Waals surface area contributed by atoms with Gasteiger partial charge < -0.3 is 5.11 Å². The number of nitro benzene ring substituents is 1. The lowest BCUT2D eigenvalue weighted by atomic mass is 9.69. The first-order valence-corrected chi connectivity index (χ1v) is 5.67. The highest BCUT2D eigenvalue weighted by atomic mass is 16.6. The Morgan fingerprint density at radius 3 is 2.41 bits per heavy atom. The van der Waals surface area contributed by atoms with Crippen molar-refractivity contribution in [2.24, 2.45) is 5.41 Å². The maximum Gasteiger partial charge on any atom is 0.310 e. The van der Waals surface area contributed by atoms with E-state index in [0.29, 0.717) is 0 Å². The van der Waals surface area contributed by atoms with E-state index in [4.69, 9.17) is 0 Å². The molecule has 0 aliphatic heterocycles. The molecule has 0 saturated carbocycles. The average molecular weight is 235 g/mol. The van der Waals surface area contributed by atoms with Gasteiger partial charge in [0.05, 0.1) is 4.92 Å². The van der Waals surface area contributed by atoms with Crippen molar-refractivity contribution >= 4 is 5.69 Å². The highest BCUT2D eigenvalue weighted by molar-refractivity contribution is 5.56. The van der Waals surface area contributed by atoms with E-state index in [1.165, 1.54) is 6.07 Å². The van der Waals surface area contributed by atoms with E-state index in [0.717, 1.165) is 17.5 Å². The van der Waals surface area contributed by atoms with Crippen LogP contribution < -0.4 is 0 Å². The quantitative estimate of drug-likeness (QED) is 0.600. The van der Waals surface area contributed by atoms with Crippen LogP contribution in [-0.2, 0) is 11.8 Å². The van der Waals surface area contributed by atoms with Crippen LogP contribution >= 0.6 is 0 Å². The van der Waals surface area contributed by atoms with Crippen molar-refractivity contribution in [3.8, 4) is 5.75 Å². The zero-order valence-corrected chi connectivity index (χ0v) is 10.6. The fraction of sp³-hybridized carbons (Fsp3) is 0.538. The number of aromatic hydroxyl groups is 1. The number of phenols is 1. The van der Waals surface area contributed by atoms with Gasteiger partial charge in [0, 0.05) is 6.07 Å². The molecule has 0 aromatic heterocycles. The second-order valence-electron chi connectivity index (χ2n) is 5.94. The number of hydrogen-bond donors (Lipinski definition) is 1. The summed E-state index contributed by atoms with van der Waals surface area (Å²) < 4.78 is 0. The van der Waals surface area contributed by atoms with Crippen molar-refractivity contribution in [3.05, 3.63) is 33.4 Å². The van der Waals surface area contributed by atoms with Crippen molar-refractivity contribution in [1.29, 1.82) is 0 Å². The van der Waals surface area contributed by atoms with E-state index in [2.05, 4.69) is 27.7 Å². The zero-order valence-electron chi connectivity index (χ0n) is 10.6. The Morgan fingerprint density at radius 1 is 1.29 bits per heavy atom. The number of benzene rings is 1. The molecule has 0 radical (unpaired) electrons. The van der Waals surface area contributed by atoms with Gasteiger partial charge in [0.15, 0.2) is 5.75 Å². The van der Waals surface area contributed by atoms with Crippen molar-refractivity contribution in [1.82, 2.24) is 0 Å². The summed E-state index contributed by atoms with van der Waals surface area (Å²) >= 11 is 0. The van der Waals surface area contributed by atoms with Crippen molar-refractivity contribution in [2.75, 3.05) is 0 Å². The van der Waals surface area contributed by atoms with Gasteiger partial charge in [-0.3, -0.25) is 10.1 Å². The molecule has 0 saturated heterocycles. The number of rotatable bonds is 1. The van der Waals surface area contributed by atoms with Crippen molar-refractivity contribution < 1.29 is 10.0 Å². The smallest absolute Gasteiger partial charge is 0.310 e. The molecular formula is C13H17NO3. The van der Waals surface area contributed by atoms with Crippen LogP contribution in [0.15, 0.2) is 12.1 Å². The fourth-order valence-corrected chi connectivity index (χ4v) is 2.56. The van der Waals surface area contributed by atoms with E-state index >= 15 is 0 Å². The summed E-state index contributed by atoms with van der Waals surface area (Å²) in [6.07, 6.45) is 0.802. The van der Waals surface area contributed by atoms with Gasteiger partial charge >= 0.3 is 5.69 Å². The molecule has 1 N–H and O–H groups in total. The van der Waals surface area contributed by atoms with Gasteiger partial charge in [-0.05, 0) is 34.4 Å². The number of nitrogens with zero attached hydrogens (tertiary/aromatic N) is 1. The molecule has 1 aliphatic carbocycles. The van der Waals surface area contributed by atoms with E-state index < -0.39 is 4.92 Å². The van der Waals surface area contributed by atoms with E-state index in [1.54, 1.807) is 6.07 Å². The van der Waals surface area contributed by atoms with Gasteiger partial charge in [0.2, 0.25) is 0 Å². The summed E-state index contributed by atoms with van der Waals surface area (Å²) in [4.78, 5) is 10.3. The summed E-state index contributed by atoms with van der Waals surface area (Å²) in [7, 11) is 0. The fourth-order valence-electron chi connectivity index (χ4n) is 2.56. The lowest BCUT2D eigenvalue weighted by molar-refractivity contribution is -0.385. The molecule has 1 aromatic carbocycles. The highest BCUT2D eigenvalue weighted by Crippen LogP contribution is 2.53. The Bertz CT molecular complexity index is 504. The topological polar surface area (TPSA) is 63.4 Å². The second kappa shape index (κ2) is 3.22. The standard InChI is InChI=1S/C13H17NO3/c1-12(2)7-8-5-10(14(16)17)11(15)6-9(8)13(12,3)4/h5-6,15H,7H2,1-4H3. The normalized spacial score (nSPS) is 20.0. The first-order valence-electron chi connectivity index (χ1n) is 5.67. The molecule has 0 atom stereocenters. The molecule has 17 heavy (non-hydrogen) atoms. The van der Waals surface area contributed by atoms with Crippen LogP contribution in [0.25, 0.3) is 0 Å². The average Bonchev–Trinajstić information content (AvgIpc) is 2.34. The van der Waals surface area contributed by atoms with Crippen LogP contribution in [0, 0.1) is 15.5 Å². The van der Waals surface area contributed by atoms with Gasteiger partial charge in [-0.2, -0.15) is 0 Å². The van der Waals surface area contributed by atoms with Crippen LogP contribution in [0.5, 0.6) is 5.75 Å². The molecule has 0 fully saturated rings. The molecule has 0 amide bonds.